The Kier molecular flexibility index (Phi) is 6.20. The van der Waals surface area contributed by atoms with Crippen LogP contribution in [-0.4, -0.2) is 55.4 Å². The van der Waals surface area contributed by atoms with E-state index in [1.54, 1.807) is 16.4 Å². The van der Waals surface area contributed by atoms with Gasteiger partial charge in [0.15, 0.2) is 0 Å². The first-order valence-electron chi connectivity index (χ1n) is 10.5. The summed E-state index contributed by atoms with van der Waals surface area (Å²) >= 11 is 0. The number of aromatic nitrogens is 2. The summed E-state index contributed by atoms with van der Waals surface area (Å²) in [6.45, 7) is 6.64. The summed E-state index contributed by atoms with van der Waals surface area (Å²) in [7, 11) is -3.54. The number of sulfonamides is 1. The van der Waals surface area contributed by atoms with Gasteiger partial charge in [-0.1, -0.05) is 42.5 Å². The molecule has 0 radical (unpaired) electrons. The molecule has 162 valence electrons. The lowest BCUT2D eigenvalue weighted by Gasteiger charge is -2.34. The van der Waals surface area contributed by atoms with Crippen LogP contribution in [-0.2, 0) is 10.0 Å². The molecular formula is C23H27N5O2S. The SMILES string of the molecule is CCNc1cc(C)nc(N2CCN(S(=O)(=O)c3ccc(-c4ccccc4)cc3)CC2)n1. The van der Waals surface area contributed by atoms with Crippen LogP contribution in [0, 0.1) is 6.92 Å². The molecule has 1 N–H and O–H groups in total. The first-order chi connectivity index (χ1) is 15.0. The molecule has 1 fully saturated rings. The number of anilines is 2. The van der Waals surface area contributed by atoms with Crippen LogP contribution in [0.1, 0.15) is 12.6 Å². The van der Waals surface area contributed by atoms with E-state index in [4.69, 9.17) is 0 Å². The Labute approximate surface area is 183 Å². The van der Waals surface area contributed by atoms with Crippen molar-refractivity contribution < 1.29 is 8.42 Å². The summed E-state index contributed by atoms with van der Waals surface area (Å²) < 4.78 is 27.8. The lowest BCUT2D eigenvalue weighted by atomic mass is 10.1. The summed E-state index contributed by atoms with van der Waals surface area (Å²) in [5.74, 6) is 1.43. The largest absolute Gasteiger partial charge is 0.370 e. The van der Waals surface area contributed by atoms with Crippen LogP contribution in [0.4, 0.5) is 11.8 Å². The maximum Gasteiger partial charge on any atom is 0.243 e. The van der Waals surface area contributed by atoms with E-state index < -0.39 is 10.0 Å². The molecule has 8 heteroatoms. The van der Waals surface area contributed by atoms with Gasteiger partial charge in [0.2, 0.25) is 16.0 Å². The Morgan fingerprint density at radius 1 is 0.903 bits per heavy atom. The maximum absolute atomic E-state index is 13.1. The summed E-state index contributed by atoms with van der Waals surface area (Å²) in [6.07, 6.45) is 0. The minimum absolute atomic E-state index is 0.321. The Hall–Kier alpha value is -2.97. The highest BCUT2D eigenvalue weighted by Crippen LogP contribution is 2.24. The van der Waals surface area contributed by atoms with Crippen LogP contribution in [0.5, 0.6) is 0 Å². The molecule has 1 saturated heterocycles. The molecule has 2 heterocycles. The fraction of sp³-hybridized carbons (Fsp3) is 0.304. The van der Waals surface area contributed by atoms with Crippen molar-refractivity contribution in [2.24, 2.45) is 0 Å². The first-order valence-corrected chi connectivity index (χ1v) is 11.9. The van der Waals surface area contributed by atoms with Gasteiger partial charge in [0.1, 0.15) is 5.82 Å². The van der Waals surface area contributed by atoms with E-state index in [-0.39, 0.29) is 0 Å². The minimum atomic E-state index is -3.54. The lowest BCUT2D eigenvalue weighted by molar-refractivity contribution is 0.382. The van der Waals surface area contributed by atoms with Gasteiger partial charge in [-0.3, -0.25) is 0 Å². The van der Waals surface area contributed by atoms with Crippen molar-refractivity contribution in [3.63, 3.8) is 0 Å². The summed E-state index contributed by atoms with van der Waals surface area (Å²) in [6, 6.07) is 18.9. The smallest absolute Gasteiger partial charge is 0.243 e. The van der Waals surface area contributed by atoms with Crippen molar-refractivity contribution in [2.45, 2.75) is 18.7 Å². The van der Waals surface area contributed by atoms with E-state index in [9.17, 15) is 8.42 Å². The number of nitrogens with one attached hydrogen (secondary N) is 1. The second-order valence-electron chi connectivity index (χ2n) is 7.51. The Balaban J connectivity index is 1.46. The number of rotatable bonds is 6. The number of nitrogens with zero attached hydrogens (tertiary/aromatic N) is 4. The zero-order chi connectivity index (χ0) is 21.8. The van der Waals surface area contributed by atoms with Crippen LogP contribution >= 0.6 is 0 Å². The van der Waals surface area contributed by atoms with Gasteiger partial charge in [0, 0.05) is 44.5 Å². The van der Waals surface area contributed by atoms with E-state index in [0.29, 0.717) is 37.0 Å². The summed E-state index contributed by atoms with van der Waals surface area (Å²) in [5.41, 5.74) is 2.95. The highest BCUT2D eigenvalue weighted by Gasteiger charge is 2.29. The van der Waals surface area contributed by atoms with Gasteiger partial charge >= 0.3 is 0 Å². The third-order valence-corrected chi connectivity index (χ3v) is 7.23. The number of hydrogen-bond acceptors (Lipinski definition) is 6. The average Bonchev–Trinajstić information content (AvgIpc) is 2.80. The summed E-state index contributed by atoms with van der Waals surface area (Å²) in [4.78, 5) is 11.5. The van der Waals surface area contributed by atoms with Crippen LogP contribution in [0.15, 0.2) is 65.6 Å². The highest BCUT2D eigenvalue weighted by molar-refractivity contribution is 7.89. The van der Waals surface area contributed by atoms with Crippen molar-refractivity contribution in [3.8, 4) is 11.1 Å². The van der Waals surface area contributed by atoms with Gasteiger partial charge in [-0.25, -0.2) is 13.4 Å². The molecule has 2 aromatic carbocycles. The fourth-order valence-corrected chi connectivity index (χ4v) is 5.12. The van der Waals surface area contributed by atoms with E-state index in [1.165, 1.54) is 0 Å². The second-order valence-corrected chi connectivity index (χ2v) is 9.44. The number of hydrogen-bond donors (Lipinski definition) is 1. The third kappa shape index (κ3) is 4.70. The average molecular weight is 438 g/mol. The molecule has 0 saturated carbocycles. The van der Waals surface area contributed by atoms with Crippen LogP contribution in [0.25, 0.3) is 11.1 Å². The van der Waals surface area contributed by atoms with Crippen molar-refractivity contribution in [1.82, 2.24) is 14.3 Å². The molecule has 0 aliphatic carbocycles. The van der Waals surface area contributed by atoms with Gasteiger partial charge in [0.25, 0.3) is 0 Å². The first kappa shape index (κ1) is 21.3. The van der Waals surface area contributed by atoms with Gasteiger partial charge in [0.05, 0.1) is 4.90 Å². The molecule has 0 atom stereocenters. The molecule has 0 amide bonds. The molecule has 1 aliphatic heterocycles. The molecule has 1 aliphatic rings. The van der Waals surface area contributed by atoms with Crippen molar-refractivity contribution in [1.29, 1.82) is 0 Å². The van der Waals surface area contributed by atoms with Gasteiger partial charge in [-0.05, 0) is 37.1 Å². The number of piperazine rings is 1. The molecule has 1 aromatic heterocycles. The van der Waals surface area contributed by atoms with E-state index in [2.05, 4.69) is 15.3 Å². The normalized spacial score (nSPS) is 15.1. The Bertz CT molecular complexity index is 1130. The molecular weight excluding hydrogens is 410 g/mol. The van der Waals surface area contributed by atoms with E-state index >= 15 is 0 Å². The molecule has 31 heavy (non-hydrogen) atoms. The molecule has 4 rings (SSSR count). The zero-order valence-corrected chi connectivity index (χ0v) is 18.6. The van der Waals surface area contributed by atoms with E-state index in [0.717, 1.165) is 29.2 Å². The Morgan fingerprint density at radius 2 is 1.55 bits per heavy atom. The number of aryl methyl sites for hydroxylation is 1. The van der Waals surface area contributed by atoms with Crippen molar-refractivity contribution in [2.75, 3.05) is 42.9 Å². The molecule has 0 unspecified atom stereocenters. The molecule has 7 nitrogen and oxygen atoms in total. The standard InChI is InChI=1S/C23H27N5O2S/c1-3-24-22-17-18(2)25-23(26-22)27-13-15-28(16-14-27)31(29,30)21-11-9-20(10-12-21)19-7-5-4-6-8-19/h4-12,17H,3,13-16H2,1-2H3,(H,24,25,26). The molecule has 3 aromatic rings. The van der Waals surface area contributed by atoms with Crippen LogP contribution < -0.4 is 10.2 Å². The molecule has 0 spiro atoms. The minimum Gasteiger partial charge on any atom is -0.370 e. The van der Waals surface area contributed by atoms with Gasteiger partial charge in [-0.2, -0.15) is 9.29 Å². The second kappa shape index (κ2) is 9.03. The maximum atomic E-state index is 13.1. The van der Waals surface area contributed by atoms with Crippen molar-refractivity contribution >= 4 is 21.8 Å². The summed E-state index contributed by atoms with van der Waals surface area (Å²) in [5, 5.41) is 3.21. The number of benzene rings is 2. The lowest BCUT2D eigenvalue weighted by Crippen LogP contribution is -2.49. The predicted molar refractivity (Wildman–Crippen MR) is 124 cm³/mol. The molecule has 0 bridgehead atoms. The zero-order valence-electron chi connectivity index (χ0n) is 17.8. The van der Waals surface area contributed by atoms with Crippen molar-refractivity contribution in [3.05, 3.63) is 66.4 Å². The topological polar surface area (TPSA) is 78.4 Å². The monoisotopic (exact) mass is 437 g/mol. The quantitative estimate of drug-likeness (QED) is 0.637. The Morgan fingerprint density at radius 3 is 2.19 bits per heavy atom. The van der Waals surface area contributed by atoms with Gasteiger partial charge < -0.3 is 10.2 Å². The highest BCUT2D eigenvalue weighted by atomic mass is 32.2. The predicted octanol–water partition coefficient (Wildman–Crippen LogP) is 3.39. The van der Waals surface area contributed by atoms with Gasteiger partial charge in [-0.15, -0.1) is 0 Å². The van der Waals surface area contributed by atoms with E-state index in [1.807, 2.05) is 67.3 Å². The van der Waals surface area contributed by atoms with Crippen LogP contribution in [0.2, 0.25) is 0 Å². The third-order valence-electron chi connectivity index (χ3n) is 5.32. The fourth-order valence-electron chi connectivity index (χ4n) is 3.69. The van der Waals surface area contributed by atoms with Crippen LogP contribution in [0.3, 0.4) is 0 Å².